The van der Waals surface area contributed by atoms with Crippen molar-refractivity contribution in [1.82, 2.24) is 30.1 Å². The van der Waals surface area contributed by atoms with E-state index in [-0.39, 0.29) is 17.1 Å². The predicted molar refractivity (Wildman–Crippen MR) is 128 cm³/mol. The van der Waals surface area contributed by atoms with Gasteiger partial charge in [-0.15, -0.1) is 5.10 Å². The Morgan fingerprint density at radius 3 is 2.58 bits per heavy atom. The van der Waals surface area contributed by atoms with Gasteiger partial charge in [0.15, 0.2) is 5.82 Å². The third kappa shape index (κ3) is 4.75. The van der Waals surface area contributed by atoms with Crippen molar-refractivity contribution in [2.24, 2.45) is 0 Å². The van der Waals surface area contributed by atoms with Gasteiger partial charge in [0, 0.05) is 17.6 Å². The molecule has 0 aliphatic rings. The Morgan fingerprint density at radius 1 is 1.15 bits per heavy atom. The van der Waals surface area contributed by atoms with Gasteiger partial charge in [-0.1, -0.05) is 6.92 Å². The molecule has 0 saturated heterocycles. The van der Waals surface area contributed by atoms with E-state index < -0.39 is 0 Å². The number of tetrazole rings is 1. The van der Waals surface area contributed by atoms with Crippen LogP contribution in [-0.4, -0.2) is 30.1 Å². The number of benzene rings is 1. The summed E-state index contributed by atoms with van der Waals surface area (Å²) < 4.78 is 7.52. The van der Waals surface area contributed by atoms with E-state index in [4.69, 9.17) is 4.42 Å². The van der Waals surface area contributed by atoms with Crippen LogP contribution in [0.1, 0.15) is 68.4 Å². The van der Waals surface area contributed by atoms with Crippen LogP contribution in [-0.2, 0) is 18.6 Å². The van der Waals surface area contributed by atoms with Gasteiger partial charge in [0.2, 0.25) is 0 Å². The Balaban J connectivity index is 1.76. The SMILES string of the molecule is CCC(c1nnnn1C(C)(C)C)N(Cc1ccco1)Cc1cc2cc(C)c(C)cc2[nH]c1=O. The van der Waals surface area contributed by atoms with Crippen LogP contribution in [0.2, 0.25) is 0 Å². The van der Waals surface area contributed by atoms with Gasteiger partial charge in [0.1, 0.15) is 5.76 Å². The van der Waals surface area contributed by atoms with Gasteiger partial charge in [0.05, 0.1) is 24.4 Å². The summed E-state index contributed by atoms with van der Waals surface area (Å²) in [6.45, 7) is 13.5. The lowest BCUT2D eigenvalue weighted by molar-refractivity contribution is 0.142. The van der Waals surface area contributed by atoms with Gasteiger partial charge >= 0.3 is 0 Å². The molecule has 1 unspecified atom stereocenters. The van der Waals surface area contributed by atoms with Gasteiger partial charge < -0.3 is 9.40 Å². The van der Waals surface area contributed by atoms with Crippen LogP contribution in [0.15, 0.2) is 45.8 Å². The molecule has 0 spiro atoms. The predicted octanol–water partition coefficient (Wildman–Crippen LogP) is 4.63. The largest absolute Gasteiger partial charge is 0.468 e. The van der Waals surface area contributed by atoms with Crippen LogP contribution in [0, 0.1) is 13.8 Å². The molecule has 8 nitrogen and oxygen atoms in total. The van der Waals surface area contributed by atoms with E-state index in [1.54, 1.807) is 6.26 Å². The third-order valence-electron chi connectivity index (χ3n) is 6.10. The maximum Gasteiger partial charge on any atom is 0.252 e. The molecule has 0 aliphatic carbocycles. The molecule has 3 heterocycles. The summed E-state index contributed by atoms with van der Waals surface area (Å²) >= 11 is 0. The molecule has 0 amide bonds. The van der Waals surface area contributed by atoms with Gasteiger partial charge in [-0.05, 0) is 98.3 Å². The topological polar surface area (TPSA) is 92.8 Å². The molecule has 0 radical (unpaired) electrons. The van der Waals surface area contributed by atoms with Crippen molar-refractivity contribution < 1.29 is 4.42 Å². The molecule has 0 saturated carbocycles. The maximum atomic E-state index is 13.0. The number of furan rings is 1. The normalized spacial score (nSPS) is 13.2. The summed E-state index contributed by atoms with van der Waals surface area (Å²) in [5, 5.41) is 13.6. The lowest BCUT2D eigenvalue weighted by Crippen LogP contribution is -2.35. The first-order valence-corrected chi connectivity index (χ1v) is 11.4. The fraction of sp³-hybridized carbons (Fsp3) is 0.440. The third-order valence-corrected chi connectivity index (χ3v) is 6.10. The Kier molecular flexibility index (Phi) is 6.21. The highest BCUT2D eigenvalue weighted by Crippen LogP contribution is 2.29. The highest BCUT2D eigenvalue weighted by atomic mass is 16.3. The number of rotatable bonds is 7. The molecular formula is C25H32N6O2. The molecule has 0 fully saturated rings. The number of aryl methyl sites for hydroxylation is 2. The van der Waals surface area contributed by atoms with Gasteiger partial charge in [-0.25, -0.2) is 4.68 Å². The van der Waals surface area contributed by atoms with E-state index in [1.165, 1.54) is 5.56 Å². The molecule has 8 heteroatoms. The molecule has 1 atom stereocenters. The first kappa shape index (κ1) is 22.9. The van der Waals surface area contributed by atoms with Crippen LogP contribution in [0.4, 0.5) is 0 Å². The molecule has 1 N–H and O–H groups in total. The average molecular weight is 449 g/mol. The first-order chi connectivity index (χ1) is 15.7. The Hall–Kier alpha value is -3.26. The number of nitrogens with zero attached hydrogens (tertiary/aromatic N) is 5. The number of nitrogens with one attached hydrogen (secondary N) is 1. The highest BCUT2D eigenvalue weighted by Gasteiger charge is 2.30. The number of fused-ring (bicyclic) bond motifs is 1. The molecule has 3 aromatic heterocycles. The van der Waals surface area contributed by atoms with Crippen molar-refractivity contribution >= 4 is 10.9 Å². The summed E-state index contributed by atoms with van der Waals surface area (Å²) in [5.41, 5.74) is 3.56. The van der Waals surface area contributed by atoms with Crippen molar-refractivity contribution in [2.75, 3.05) is 0 Å². The quantitative estimate of drug-likeness (QED) is 0.443. The van der Waals surface area contributed by atoms with Gasteiger partial charge in [0.25, 0.3) is 5.56 Å². The second-order valence-corrected chi connectivity index (χ2v) is 9.68. The average Bonchev–Trinajstić information content (AvgIpc) is 3.43. The zero-order chi connectivity index (χ0) is 23.8. The second-order valence-electron chi connectivity index (χ2n) is 9.68. The molecule has 174 valence electrons. The fourth-order valence-corrected chi connectivity index (χ4v) is 4.22. The van der Waals surface area contributed by atoms with E-state index in [0.717, 1.165) is 34.5 Å². The summed E-state index contributed by atoms with van der Waals surface area (Å²) in [5.74, 6) is 1.60. The number of hydrogen-bond donors (Lipinski definition) is 1. The number of aromatic amines is 1. The fourth-order valence-electron chi connectivity index (χ4n) is 4.22. The molecule has 0 aliphatic heterocycles. The minimum Gasteiger partial charge on any atom is -0.468 e. The lowest BCUT2D eigenvalue weighted by Gasteiger charge is -2.31. The number of pyridine rings is 1. The second kappa shape index (κ2) is 8.94. The van der Waals surface area contributed by atoms with E-state index in [0.29, 0.717) is 18.7 Å². The summed E-state index contributed by atoms with van der Waals surface area (Å²) in [6, 6.07) is 9.88. The van der Waals surface area contributed by atoms with Crippen molar-refractivity contribution in [2.45, 2.75) is 72.6 Å². The van der Waals surface area contributed by atoms with E-state index in [2.05, 4.69) is 73.0 Å². The van der Waals surface area contributed by atoms with E-state index in [1.807, 2.05) is 28.9 Å². The van der Waals surface area contributed by atoms with Crippen LogP contribution in [0.5, 0.6) is 0 Å². The molecule has 1 aromatic carbocycles. The molecule has 33 heavy (non-hydrogen) atoms. The Labute approximate surface area is 193 Å². The van der Waals surface area contributed by atoms with E-state index in [9.17, 15) is 4.79 Å². The Morgan fingerprint density at radius 2 is 1.91 bits per heavy atom. The van der Waals surface area contributed by atoms with Crippen molar-refractivity contribution in [3.63, 3.8) is 0 Å². The number of aromatic nitrogens is 5. The maximum absolute atomic E-state index is 13.0. The number of hydrogen-bond acceptors (Lipinski definition) is 6. The smallest absolute Gasteiger partial charge is 0.252 e. The summed E-state index contributed by atoms with van der Waals surface area (Å²) in [4.78, 5) is 18.3. The minimum atomic E-state index is -0.265. The molecular weight excluding hydrogens is 416 g/mol. The summed E-state index contributed by atoms with van der Waals surface area (Å²) in [6.07, 6.45) is 2.45. The van der Waals surface area contributed by atoms with E-state index >= 15 is 0 Å². The van der Waals surface area contributed by atoms with Crippen LogP contribution in [0.25, 0.3) is 10.9 Å². The molecule has 0 bridgehead atoms. The van der Waals surface area contributed by atoms with Crippen molar-refractivity contribution in [3.05, 3.63) is 75.2 Å². The highest BCUT2D eigenvalue weighted by molar-refractivity contribution is 5.80. The van der Waals surface area contributed by atoms with Gasteiger partial charge in [-0.3, -0.25) is 9.69 Å². The van der Waals surface area contributed by atoms with Crippen LogP contribution < -0.4 is 5.56 Å². The van der Waals surface area contributed by atoms with Crippen LogP contribution in [0.3, 0.4) is 0 Å². The Bertz CT molecular complexity index is 1300. The first-order valence-electron chi connectivity index (χ1n) is 11.4. The number of H-pyrrole nitrogens is 1. The zero-order valence-corrected chi connectivity index (χ0v) is 20.2. The van der Waals surface area contributed by atoms with Crippen molar-refractivity contribution in [3.8, 4) is 0 Å². The minimum absolute atomic E-state index is 0.0829. The molecule has 4 rings (SSSR count). The van der Waals surface area contributed by atoms with Crippen molar-refractivity contribution in [1.29, 1.82) is 0 Å². The van der Waals surface area contributed by atoms with Gasteiger partial charge in [-0.2, -0.15) is 0 Å². The lowest BCUT2D eigenvalue weighted by atomic mass is 10.0. The standard InChI is InChI=1S/C25H32N6O2/c1-7-22(23-27-28-29-31(23)25(4,5)6)30(15-20-9-8-10-33-20)14-19-13-18-11-16(2)17(3)12-21(18)26-24(19)32/h8-13,22H,7,14-15H2,1-6H3,(H,26,32). The monoisotopic (exact) mass is 448 g/mol. The van der Waals surface area contributed by atoms with Crippen LogP contribution >= 0.6 is 0 Å². The summed E-state index contributed by atoms with van der Waals surface area (Å²) in [7, 11) is 0. The molecule has 4 aromatic rings. The zero-order valence-electron chi connectivity index (χ0n) is 20.2.